The number of nitrogens with one attached hydrogen (secondary N) is 1. The van der Waals surface area contributed by atoms with E-state index in [1.54, 1.807) is 0 Å². The number of hydrogen-bond acceptors (Lipinski definition) is 3. The highest BCUT2D eigenvalue weighted by Gasteiger charge is 2.26. The zero-order valence-electron chi connectivity index (χ0n) is 9.29. The maximum absolute atomic E-state index is 9.60. The fourth-order valence-corrected chi connectivity index (χ4v) is 1.98. The van der Waals surface area contributed by atoms with Crippen molar-refractivity contribution in [3.63, 3.8) is 0 Å². The molecule has 0 bridgehead atoms. The summed E-state index contributed by atoms with van der Waals surface area (Å²) in [6.07, 6.45) is 3.77. The summed E-state index contributed by atoms with van der Waals surface area (Å²) in [7, 11) is 0. The smallest absolute Gasteiger partial charge is 0.0693 e. The third kappa shape index (κ3) is 3.56. The van der Waals surface area contributed by atoms with Crippen molar-refractivity contribution in [2.75, 3.05) is 13.2 Å². The van der Waals surface area contributed by atoms with Crippen molar-refractivity contribution in [3.8, 4) is 0 Å². The summed E-state index contributed by atoms with van der Waals surface area (Å²) in [5.74, 6) is 0. The van der Waals surface area contributed by atoms with Crippen LogP contribution in [0.5, 0.6) is 0 Å². The minimum atomic E-state index is -0.167. The van der Waals surface area contributed by atoms with Crippen LogP contribution < -0.4 is 5.32 Å². The third-order valence-electron chi connectivity index (χ3n) is 3.11. The summed E-state index contributed by atoms with van der Waals surface area (Å²) < 4.78 is 0. The summed E-state index contributed by atoms with van der Waals surface area (Å²) in [6, 6.07) is 0.271. The molecule has 1 aliphatic carbocycles. The van der Waals surface area contributed by atoms with Gasteiger partial charge in [0.05, 0.1) is 6.10 Å². The molecule has 84 valence electrons. The van der Waals surface area contributed by atoms with Crippen LogP contribution in [0, 0.1) is 5.41 Å². The zero-order chi connectivity index (χ0) is 10.6. The Kier molecular flexibility index (Phi) is 4.35. The van der Waals surface area contributed by atoms with Gasteiger partial charge >= 0.3 is 0 Å². The first-order chi connectivity index (χ1) is 6.55. The summed E-state index contributed by atoms with van der Waals surface area (Å²) in [6.45, 7) is 5.38. The molecular weight excluding hydrogens is 178 g/mol. The minimum Gasteiger partial charge on any atom is -0.396 e. The van der Waals surface area contributed by atoms with Gasteiger partial charge in [0.2, 0.25) is 0 Å². The molecule has 0 amide bonds. The average Bonchev–Trinajstić information content (AvgIpc) is 2.48. The third-order valence-corrected chi connectivity index (χ3v) is 3.11. The fraction of sp³-hybridized carbons (Fsp3) is 1.00. The lowest BCUT2D eigenvalue weighted by Gasteiger charge is -2.27. The monoisotopic (exact) mass is 201 g/mol. The van der Waals surface area contributed by atoms with Gasteiger partial charge in [0.25, 0.3) is 0 Å². The Morgan fingerprint density at radius 2 is 2.07 bits per heavy atom. The highest BCUT2D eigenvalue weighted by molar-refractivity contribution is 4.84. The molecule has 3 heteroatoms. The van der Waals surface area contributed by atoms with Crippen molar-refractivity contribution in [2.24, 2.45) is 5.41 Å². The lowest BCUT2D eigenvalue weighted by Crippen LogP contribution is -2.41. The molecule has 0 aromatic rings. The van der Waals surface area contributed by atoms with E-state index in [2.05, 4.69) is 19.2 Å². The van der Waals surface area contributed by atoms with Crippen LogP contribution in [0.2, 0.25) is 0 Å². The van der Waals surface area contributed by atoms with E-state index < -0.39 is 0 Å². The van der Waals surface area contributed by atoms with E-state index in [1.165, 1.54) is 0 Å². The van der Waals surface area contributed by atoms with Crippen molar-refractivity contribution < 1.29 is 10.2 Å². The molecule has 0 aliphatic heterocycles. The number of aliphatic hydroxyl groups is 2. The maximum atomic E-state index is 9.60. The molecule has 0 aromatic heterocycles. The van der Waals surface area contributed by atoms with Gasteiger partial charge in [-0.15, -0.1) is 0 Å². The Bertz CT molecular complexity index is 171. The van der Waals surface area contributed by atoms with Crippen molar-refractivity contribution in [1.82, 2.24) is 5.32 Å². The molecule has 3 N–H and O–H groups in total. The first kappa shape index (κ1) is 12.0. The lowest BCUT2D eigenvalue weighted by molar-refractivity contribution is 0.136. The Balaban J connectivity index is 2.25. The molecule has 3 nitrogen and oxygen atoms in total. The molecular formula is C11H23NO2. The molecule has 1 rings (SSSR count). The largest absolute Gasteiger partial charge is 0.396 e. The molecule has 1 aliphatic rings. The molecule has 0 unspecified atom stereocenters. The summed E-state index contributed by atoms with van der Waals surface area (Å²) in [5, 5.41) is 21.9. The van der Waals surface area contributed by atoms with Crippen LogP contribution in [0.25, 0.3) is 0 Å². The van der Waals surface area contributed by atoms with Gasteiger partial charge in [-0.3, -0.25) is 0 Å². The quantitative estimate of drug-likeness (QED) is 0.619. The molecule has 2 atom stereocenters. The van der Waals surface area contributed by atoms with Crippen molar-refractivity contribution in [3.05, 3.63) is 0 Å². The van der Waals surface area contributed by atoms with Gasteiger partial charge in [-0.1, -0.05) is 13.8 Å². The molecule has 1 fully saturated rings. The van der Waals surface area contributed by atoms with Crippen LogP contribution in [0.4, 0.5) is 0 Å². The van der Waals surface area contributed by atoms with E-state index in [0.717, 1.165) is 32.2 Å². The fourth-order valence-electron chi connectivity index (χ4n) is 1.98. The van der Waals surface area contributed by atoms with E-state index in [9.17, 15) is 5.11 Å². The Morgan fingerprint density at radius 3 is 2.57 bits per heavy atom. The van der Waals surface area contributed by atoms with Gasteiger partial charge in [0, 0.05) is 19.2 Å². The van der Waals surface area contributed by atoms with Crippen LogP contribution in [0.15, 0.2) is 0 Å². The SMILES string of the molecule is CC(C)(CCO)CN[C@H]1CCC[C@@H]1O. The molecule has 0 aromatic carbocycles. The van der Waals surface area contributed by atoms with Crippen molar-refractivity contribution in [1.29, 1.82) is 0 Å². The van der Waals surface area contributed by atoms with Gasteiger partial charge in [-0.2, -0.15) is 0 Å². The molecule has 0 radical (unpaired) electrons. The molecule has 0 heterocycles. The Labute approximate surface area is 86.5 Å². The predicted molar refractivity (Wildman–Crippen MR) is 57.1 cm³/mol. The van der Waals surface area contributed by atoms with E-state index in [0.29, 0.717) is 0 Å². The van der Waals surface area contributed by atoms with Crippen LogP contribution in [0.1, 0.15) is 39.5 Å². The van der Waals surface area contributed by atoms with E-state index in [1.807, 2.05) is 0 Å². The first-order valence-electron chi connectivity index (χ1n) is 5.57. The van der Waals surface area contributed by atoms with Crippen LogP contribution in [0.3, 0.4) is 0 Å². The molecule has 14 heavy (non-hydrogen) atoms. The topological polar surface area (TPSA) is 52.5 Å². The number of aliphatic hydroxyl groups excluding tert-OH is 2. The van der Waals surface area contributed by atoms with E-state index >= 15 is 0 Å². The molecule has 0 saturated heterocycles. The standard InChI is InChI=1S/C11H23NO2/c1-11(2,6-7-13)8-12-9-4-3-5-10(9)14/h9-10,12-14H,3-8H2,1-2H3/t9-,10-/m0/s1. The first-order valence-corrected chi connectivity index (χ1v) is 5.57. The maximum Gasteiger partial charge on any atom is 0.0693 e. The minimum absolute atomic E-state index is 0.122. The second-order valence-corrected chi connectivity index (χ2v) is 5.12. The highest BCUT2D eigenvalue weighted by Crippen LogP contribution is 2.22. The zero-order valence-corrected chi connectivity index (χ0v) is 9.29. The van der Waals surface area contributed by atoms with Gasteiger partial charge in [0.1, 0.15) is 0 Å². The molecule has 1 saturated carbocycles. The van der Waals surface area contributed by atoms with Crippen molar-refractivity contribution >= 4 is 0 Å². The lowest BCUT2D eigenvalue weighted by atomic mass is 9.89. The average molecular weight is 201 g/mol. The van der Waals surface area contributed by atoms with Crippen LogP contribution in [-0.4, -0.2) is 35.5 Å². The summed E-state index contributed by atoms with van der Waals surface area (Å²) in [4.78, 5) is 0. The number of hydrogen-bond donors (Lipinski definition) is 3. The van der Waals surface area contributed by atoms with Crippen molar-refractivity contribution in [2.45, 2.75) is 51.7 Å². The predicted octanol–water partition coefficient (Wildman–Crippen LogP) is 0.898. The summed E-state index contributed by atoms with van der Waals surface area (Å²) >= 11 is 0. The highest BCUT2D eigenvalue weighted by atomic mass is 16.3. The van der Waals surface area contributed by atoms with E-state index in [4.69, 9.17) is 5.11 Å². The van der Waals surface area contributed by atoms with Gasteiger partial charge in [0.15, 0.2) is 0 Å². The molecule has 0 spiro atoms. The second-order valence-electron chi connectivity index (χ2n) is 5.12. The Hall–Kier alpha value is -0.120. The Morgan fingerprint density at radius 1 is 1.36 bits per heavy atom. The van der Waals surface area contributed by atoms with Gasteiger partial charge < -0.3 is 15.5 Å². The number of rotatable bonds is 5. The summed E-state index contributed by atoms with van der Waals surface area (Å²) in [5.41, 5.74) is 0.122. The van der Waals surface area contributed by atoms with Gasteiger partial charge in [-0.05, 0) is 31.1 Å². The van der Waals surface area contributed by atoms with Crippen LogP contribution >= 0.6 is 0 Å². The normalized spacial score (nSPS) is 28.3. The van der Waals surface area contributed by atoms with Gasteiger partial charge in [-0.25, -0.2) is 0 Å². The van der Waals surface area contributed by atoms with E-state index in [-0.39, 0.29) is 24.2 Å². The van der Waals surface area contributed by atoms with Crippen LogP contribution in [-0.2, 0) is 0 Å². The second kappa shape index (κ2) is 5.10.